The Bertz CT molecular complexity index is 710. The minimum atomic E-state index is -3.15. The summed E-state index contributed by atoms with van der Waals surface area (Å²) in [5.41, 5.74) is 0.257. The van der Waals surface area contributed by atoms with Crippen molar-refractivity contribution in [2.24, 2.45) is 5.92 Å². The fourth-order valence-corrected chi connectivity index (χ4v) is 6.03. The third-order valence-electron chi connectivity index (χ3n) is 4.93. The van der Waals surface area contributed by atoms with Crippen molar-refractivity contribution >= 4 is 15.7 Å². The molecule has 2 aliphatic heterocycles. The van der Waals surface area contributed by atoms with E-state index in [0.29, 0.717) is 12.3 Å². The lowest BCUT2D eigenvalue weighted by Crippen LogP contribution is -2.38. The summed E-state index contributed by atoms with van der Waals surface area (Å²) >= 11 is 0. The molecule has 1 aromatic rings. The van der Waals surface area contributed by atoms with E-state index in [-0.39, 0.29) is 41.8 Å². The van der Waals surface area contributed by atoms with Gasteiger partial charge in [-0.1, -0.05) is 19.0 Å². The van der Waals surface area contributed by atoms with Crippen molar-refractivity contribution < 1.29 is 17.7 Å². The molecule has 0 unspecified atom stereocenters. The average Bonchev–Trinajstić information content (AvgIpc) is 3.14. The van der Waals surface area contributed by atoms with Crippen LogP contribution < -0.4 is 0 Å². The summed E-state index contributed by atoms with van der Waals surface area (Å²) in [5, 5.41) is 3.38. The molecule has 0 N–H and O–H groups in total. The molecule has 3 rings (SSSR count). The molecular formula is C15H23N3O4S. The van der Waals surface area contributed by atoms with Crippen LogP contribution in [-0.2, 0) is 9.84 Å². The first kappa shape index (κ1) is 16.4. The standard InChI is InChI=1S/C15H23N3O4S/c1-9(2)13-5-11(16-22-13)15(19)18-6-10-12(17(3)4)8-23(20,21)14(10)7-18/h5,9-10,12,14H,6-8H2,1-4H3/t10-,12-,14-/m0/s1. The van der Waals surface area contributed by atoms with Crippen molar-refractivity contribution in [3.63, 3.8) is 0 Å². The number of carbonyl (C=O) groups is 1. The monoisotopic (exact) mass is 341 g/mol. The fraction of sp³-hybridized carbons (Fsp3) is 0.733. The second-order valence-electron chi connectivity index (χ2n) is 7.04. The van der Waals surface area contributed by atoms with Crippen LogP contribution in [0.4, 0.5) is 0 Å². The maximum absolute atomic E-state index is 12.6. The summed E-state index contributed by atoms with van der Waals surface area (Å²) in [7, 11) is 0.623. The maximum atomic E-state index is 12.6. The normalized spacial score (nSPS) is 29.5. The van der Waals surface area contributed by atoms with Crippen molar-refractivity contribution in [1.29, 1.82) is 0 Å². The lowest BCUT2D eigenvalue weighted by atomic mass is 10.00. The van der Waals surface area contributed by atoms with Crippen molar-refractivity contribution in [3.05, 3.63) is 17.5 Å². The van der Waals surface area contributed by atoms with Gasteiger partial charge in [-0.15, -0.1) is 0 Å². The number of rotatable bonds is 3. The molecule has 3 atom stereocenters. The van der Waals surface area contributed by atoms with E-state index in [1.54, 1.807) is 11.0 Å². The van der Waals surface area contributed by atoms with Crippen molar-refractivity contribution in [3.8, 4) is 0 Å². The van der Waals surface area contributed by atoms with E-state index in [4.69, 9.17) is 4.52 Å². The second-order valence-corrected chi connectivity index (χ2v) is 9.31. The summed E-state index contributed by atoms with van der Waals surface area (Å²) < 4.78 is 29.9. The minimum absolute atomic E-state index is 0.0320. The van der Waals surface area contributed by atoms with E-state index in [1.807, 2.05) is 32.8 Å². The Kier molecular flexibility index (Phi) is 4.00. The van der Waals surface area contributed by atoms with E-state index in [0.717, 1.165) is 0 Å². The Labute approximate surface area is 136 Å². The van der Waals surface area contributed by atoms with Gasteiger partial charge in [-0.2, -0.15) is 0 Å². The number of carbonyl (C=O) groups excluding carboxylic acids is 1. The predicted octanol–water partition coefficient (Wildman–Crippen LogP) is 0.597. The van der Waals surface area contributed by atoms with E-state index >= 15 is 0 Å². The summed E-state index contributed by atoms with van der Waals surface area (Å²) in [6.07, 6.45) is 0. The van der Waals surface area contributed by atoms with Crippen LogP contribution in [0.15, 0.2) is 10.6 Å². The quantitative estimate of drug-likeness (QED) is 0.800. The highest BCUT2D eigenvalue weighted by Gasteiger charge is 2.53. The first-order valence-electron chi connectivity index (χ1n) is 7.84. The molecule has 2 aliphatic rings. The third kappa shape index (κ3) is 2.78. The van der Waals surface area contributed by atoms with Crippen LogP contribution in [0.1, 0.15) is 36.0 Å². The van der Waals surface area contributed by atoms with Crippen LogP contribution in [0.5, 0.6) is 0 Å². The van der Waals surface area contributed by atoms with Gasteiger partial charge in [0.25, 0.3) is 5.91 Å². The molecule has 0 saturated carbocycles. The highest BCUT2D eigenvalue weighted by molar-refractivity contribution is 7.92. The van der Waals surface area contributed by atoms with Crippen LogP contribution in [-0.4, -0.2) is 73.5 Å². The lowest BCUT2D eigenvalue weighted by molar-refractivity contribution is 0.0769. The van der Waals surface area contributed by atoms with E-state index in [2.05, 4.69) is 5.16 Å². The Morgan fingerprint density at radius 1 is 1.39 bits per heavy atom. The Morgan fingerprint density at radius 2 is 2.09 bits per heavy atom. The molecule has 128 valence electrons. The molecule has 0 aliphatic carbocycles. The number of likely N-dealkylation sites (tertiary alicyclic amines) is 1. The predicted molar refractivity (Wildman–Crippen MR) is 85.0 cm³/mol. The topological polar surface area (TPSA) is 83.7 Å². The molecular weight excluding hydrogens is 318 g/mol. The number of nitrogens with zero attached hydrogens (tertiary/aromatic N) is 3. The highest BCUT2D eigenvalue weighted by atomic mass is 32.2. The molecule has 0 bridgehead atoms. The summed E-state index contributed by atoms with van der Waals surface area (Å²) in [4.78, 5) is 16.1. The van der Waals surface area contributed by atoms with Crippen molar-refractivity contribution in [1.82, 2.24) is 15.0 Å². The first-order valence-corrected chi connectivity index (χ1v) is 9.56. The van der Waals surface area contributed by atoms with Gasteiger partial charge >= 0.3 is 0 Å². The van der Waals surface area contributed by atoms with Crippen LogP contribution in [0, 0.1) is 5.92 Å². The molecule has 3 heterocycles. The van der Waals surface area contributed by atoms with E-state index in [9.17, 15) is 13.2 Å². The molecule has 23 heavy (non-hydrogen) atoms. The molecule has 0 spiro atoms. The van der Waals surface area contributed by atoms with E-state index < -0.39 is 15.1 Å². The fourth-order valence-electron chi connectivity index (χ4n) is 3.56. The SMILES string of the molecule is CC(C)c1cc(C(=O)N2C[C@H]3[C@@H](N(C)C)CS(=O)(=O)[C@H]3C2)no1. The Morgan fingerprint density at radius 3 is 2.65 bits per heavy atom. The molecule has 7 nitrogen and oxygen atoms in total. The summed E-state index contributed by atoms with van der Waals surface area (Å²) in [6, 6.07) is 1.62. The van der Waals surface area contributed by atoms with Gasteiger partial charge in [0.15, 0.2) is 15.5 Å². The van der Waals surface area contributed by atoms with Crippen LogP contribution in [0.3, 0.4) is 0 Å². The average molecular weight is 341 g/mol. The maximum Gasteiger partial charge on any atom is 0.276 e. The highest BCUT2D eigenvalue weighted by Crippen LogP contribution is 2.36. The molecule has 1 aromatic heterocycles. The van der Waals surface area contributed by atoms with Gasteiger partial charge in [-0.05, 0) is 14.1 Å². The summed E-state index contributed by atoms with van der Waals surface area (Å²) in [5.74, 6) is 0.712. The van der Waals surface area contributed by atoms with Crippen LogP contribution in [0.25, 0.3) is 0 Å². The number of amides is 1. The molecule has 1 amide bonds. The molecule has 2 fully saturated rings. The smallest absolute Gasteiger partial charge is 0.276 e. The van der Waals surface area contributed by atoms with Gasteiger partial charge in [0.1, 0.15) is 5.76 Å². The van der Waals surface area contributed by atoms with Gasteiger partial charge in [0.2, 0.25) is 0 Å². The van der Waals surface area contributed by atoms with E-state index in [1.165, 1.54) is 0 Å². The third-order valence-corrected chi connectivity index (χ3v) is 7.16. The van der Waals surface area contributed by atoms with Gasteiger partial charge in [-0.3, -0.25) is 4.79 Å². The van der Waals surface area contributed by atoms with Crippen molar-refractivity contribution in [2.75, 3.05) is 32.9 Å². The molecule has 2 saturated heterocycles. The number of hydrogen-bond acceptors (Lipinski definition) is 6. The zero-order chi connectivity index (χ0) is 16.9. The van der Waals surface area contributed by atoms with Crippen LogP contribution >= 0.6 is 0 Å². The Hall–Kier alpha value is -1.41. The van der Waals surface area contributed by atoms with Crippen molar-refractivity contribution in [2.45, 2.75) is 31.1 Å². The summed E-state index contributed by atoms with van der Waals surface area (Å²) in [6.45, 7) is 4.63. The Balaban J connectivity index is 1.80. The van der Waals surface area contributed by atoms with Gasteiger partial charge < -0.3 is 14.3 Å². The number of hydrogen-bond donors (Lipinski definition) is 0. The number of aromatic nitrogens is 1. The minimum Gasteiger partial charge on any atom is -0.360 e. The number of sulfone groups is 1. The second kappa shape index (κ2) is 5.59. The molecule has 0 radical (unpaired) electrons. The first-order chi connectivity index (χ1) is 10.7. The van der Waals surface area contributed by atoms with Gasteiger partial charge in [0.05, 0.1) is 11.0 Å². The lowest BCUT2D eigenvalue weighted by Gasteiger charge is -2.24. The molecule has 8 heteroatoms. The van der Waals surface area contributed by atoms with Gasteiger partial charge in [-0.25, -0.2) is 8.42 Å². The largest absolute Gasteiger partial charge is 0.360 e. The zero-order valence-electron chi connectivity index (χ0n) is 13.9. The van der Waals surface area contributed by atoms with Gasteiger partial charge in [0, 0.05) is 37.0 Å². The zero-order valence-corrected chi connectivity index (χ0v) is 14.7. The molecule has 0 aromatic carbocycles. The van der Waals surface area contributed by atoms with Crippen LogP contribution in [0.2, 0.25) is 0 Å². The number of fused-ring (bicyclic) bond motifs is 1.